The van der Waals surface area contributed by atoms with Gasteiger partial charge in [0.1, 0.15) is 11.5 Å². The summed E-state index contributed by atoms with van der Waals surface area (Å²) < 4.78 is 10.8. The van der Waals surface area contributed by atoms with Crippen LogP contribution in [-0.2, 0) is 6.42 Å². The number of ether oxygens (including phenoxy) is 2. The van der Waals surface area contributed by atoms with Crippen LogP contribution in [0.4, 0.5) is 0 Å². The average Bonchev–Trinajstić information content (AvgIpc) is 2.47. The Morgan fingerprint density at radius 2 is 1.90 bits per heavy atom. The van der Waals surface area contributed by atoms with Crippen LogP contribution >= 0.6 is 0 Å². The van der Waals surface area contributed by atoms with Gasteiger partial charge in [0.2, 0.25) is 5.70 Å². The van der Waals surface area contributed by atoms with Crippen LogP contribution in [0.15, 0.2) is 17.8 Å². The Bertz CT molecular complexity index is 523. The van der Waals surface area contributed by atoms with E-state index in [0.29, 0.717) is 11.3 Å². The van der Waals surface area contributed by atoms with Crippen LogP contribution in [0.3, 0.4) is 0 Å². The van der Waals surface area contributed by atoms with Crippen LogP contribution in [0.2, 0.25) is 0 Å². The summed E-state index contributed by atoms with van der Waals surface area (Å²) in [6, 6.07) is 3.71. The van der Waals surface area contributed by atoms with Crippen molar-refractivity contribution in [3.63, 3.8) is 0 Å². The van der Waals surface area contributed by atoms with Gasteiger partial charge in [-0.2, -0.15) is 0 Å². The molecular formula is C16H23NO4. The Hall–Kier alpha value is -2.04. The quantitative estimate of drug-likeness (QED) is 0.412. The second-order valence-corrected chi connectivity index (χ2v) is 4.91. The van der Waals surface area contributed by atoms with Gasteiger partial charge < -0.3 is 9.47 Å². The van der Waals surface area contributed by atoms with Gasteiger partial charge in [-0.15, -0.1) is 0 Å². The third kappa shape index (κ3) is 4.77. The number of unbranched alkanes of at least 4 members (excludes halogenated alkanes) is 2. The van der Waals surface area contributed by atoms with Crippen molar-refractivity contribution in [3.05, 3.63) is 39.1 Å². The number of hydrogen-bond acceptors (Lipinski definition) is 4. The second kappa shape index (κ2) is 8.29. The minimum Gasteiger partial charge on any atom is -0.496 e. The Morgan fingerprint density at radius 1 is 1.24 bits per heavy atom. The number of allylic oxidation sites excluding steroid dienone is 1. The van der Waals surface area contributed by atoms with Gasteiger partial charge in [-0.25, -0.2) is 0 Å². The van der Waals surface area contributed by atoms with Crippen molar-refractivity contribution in [2.75, 3.05) is 14.2 Å². The predicted molar refractivity (Wildman–Crippen MR) is 83.4 cm³/mol. The first-order chi connectivity index (χ1) is 10.0. The molecule has 5 nitrogen and oxygen atoms in total. The molecule has 0 fully saturated rings. The summed E-state index contributed by atoms with van der Waals surface area (Å²) >= 11 is 0. The number of aryl methyl sites for hydroxylation is 1. The van der Waals surface area contributed by atoms with Gasteiger partial charge in [-0.1, -0.05) is 19.8 Å². The van der Waals surface area contributed by atoms with Crippen molar-refractivity contribution in [3.8, 4) is 11.5 Å². The van der Waals surface area contributed by atoms with Crippen LogP contribution in [0.1, 0.15) is 44.2 Å². The summed E-state index contributed by atoms with van der Waals surface area (Å²) in [6.45, 7) is 3.62. The lowest BCUT2D eigenvalue weighted by Crippen LogP contribution is -1.98. The molecule has 0 atom stereocenters. The van der Waals surface area contributed by atoms with Gasteiger partial charge in [0.15, 0.2) is 0 Å². The fourth-order valence-electron chi connectivity index (χ4n) is 2.14. The van der Waals surface area contributed by atoms with Crippen molar-refractivity contribution in [2.45, 2.75) is 39.5 Å². The molecule has 0 spiro atoms. The number of methoxy groups -OCH3 is 2. The van der Waals surface area contributed by atoms with Crippen LogP contribution in [0.25, 0.3) is 6.08 Å². The Kier molecular flexibility index (Phi) is 6.72. The van der Waals surface area contributed by atoms with Gasteiger partial charge in [0, 0.05) is 18.6 Å². The van der Waals surface area contributed by atoms with E-state index in [1.54, 1.807) is 20.3 Å². The van der Waals surface area contributed by atoms with E-state index in [1.165, 1.54) is 13.0 Å². The summed E-state index contributed by atoms with van der Waals surface area (Å²) in [5.74, 6) is 1.37. The largest absolute Gasteiger partial charge is 0.496 e. The summed E-state index contributed by atoms with van der Waals surface area (Å²) in [5.41, 5.74) is 1.79. The Morgan fingerprint density at radius 3 is 2.43 bits per heavy atom. The Labute approximate surface area is 125 Å². The van der Waals surface area contributed by atoms with Crippen LogP contribution in [0.5, 0.6) is 11.5 Å². The molecule has 0 heterocycles. The van der Waals surface area contributed by atoms with E-state index < -0.39 is 4.92 Å². The zero-order chi connectivity index (χ0) is 15.8. The molecule has 0 unspecified atom stereocenters. The molecule has 21 heavy (non-hydrogen) atoms. The highest BCUT2D eigenvalue weighted by Gasteiger charge is 2.12. The minimum absolute atomic E-state index is 0.0640. The normalized spacial score (nSPS) is 11.3. The fraction of sp³-hybridized carbons (Fsp3) is 0.500. The number of hydrogen-bond donors (Lipinski definition) is 0. The zero-order valence-electron chi connectivity index (χ0n) is 13.1. The first-order valence-corrected chi connectivity index (χ1v) is 7.11. The SMILES string of the molecule is CCCCCc1cc(OC)c(/C=C(\C)[N+](=O)[O-])cc1OC. The molecule has 0 aliphatic heterocycles. The van der Waals surface area contributed by atoms with Crippen molar-refractivity contribution in [2.24, 2.45) is 0 Å². The zero-order valence-corrected chi connectivity index (χ0v) is 13.1. The molecule has 1 aromatic rings. The van der Waals surface area contributed by atoms with Crippen molar-refractivity contribution in [1.29, 1.82) is 0 Å². The smallest absolute Gasteiger partial charge is 0.243 e. The topological polar surface area (TPSA) is 61.6 Å². The molecule has 0 bridgehead atoms. The summed E-state index contributed by atoms with van der Waals surface area (Å²) in [5, 5.41) is 10.8. The maximum Gasteiger partial charge on any atom is 0.243 e. The lowest BCUT2D eigenvalue weighted by atomic mass is 10.0. The van der Waals surface area contributed by atoms with E-state index in [0.717, 1.165) is 37.0 Å². The van der Waals surface area contributed by atoms with Crippen LogP contribution in [0, 0.1) is 10.1 Å². The molecule has 0 amide bonds. The third-order valence-electron chi connectivity index (χ3n) is 3.33. The highest BCUT2D eigenvalue weighted by Crippen LogP contribution is 2.31. The average molecular weight is 293 g/mol. The number of benzene rings is 1. The second-order valence-electron chi connectivity index (χ2n) is 4.91. The van der Waals surface area contributed by atoms with E-state index in [-0.39, 0.29) is 5.70 Å². The molecular weight excluding hydrogens is 270 g/mol. The molecule has 5 heteroatoms. The van der Waals surface area contributed by atoms with Crippen molar-refractivity contribution in [1.82, 2.24) is 0 Å². The van der Waals surface area contributed by atoms with E-state index >= 15 is 0 Å². The van der Waals surface area contributed by atoms with Gasteiger partial charge in [-0.05, 0) is 30.5 Å². The molecule has 0 radical (unpaired) electrons. The molecule has 1 rings (SSSR count). The number of rotatable bonds is 8. The van der Waals surface area contributed by atoms with Gasteiger partial charge in [-0.3, -0.25) is 10.1 Å². The van der Waals surface area contributed by atoms with Gasteiger partial charge in [0.05, 0.1) is 19.1 Å². The maximum absolute atomic E-state index is 10.8. The molecule has 0 aromatic heterocycles. The first kappa shape index (κ1) is 17.0. The molecule has 0 saturated heterocycles. The molecule has 0 saturated carbocycles. The minimum atomic E-state index is -0.416. The highest BCUT2D eigenvalue weighted by molar-refractivity contribution is 5.62. The molecule has 116 valence electrons. The lowest BCUT2D eigenvalue weighted by Gasteiger charge is -2.13. The van der Waals surface area contributed by atoms with E-state index in [4.69, 9.17) is 9.47 Å². The van der Waals surface area contributed by atoms with Gasteiger partial charge >= 0.3 is 0 Å². The first-order valence-electron chi connectivity index (χ1n) is 7.11. The van der Waals surface area contributed by atoms with Gasteiger partial charge in [0.25, 0.3) is 0 Å². The number of nitrogens with zero attached hydrogens (tertiary/aromatic N) is 1. The fourth-order valence-corrected chi connectivity index (χ4v) is 2.14. The van der Waals surface area contributed by atoms with Crippen LogP contribution < -0.4 is 9.47 Å². The van der Waals surface area contributed by atoms with Crippen molar-refractivity contribution < 1.29 is 14.4 Å². The Balaban J connectivity index is 3.16. The van der Waals surface area contributed by atoms with E-state index in [9.17, 15) is 10.1 Å². The molecule has 1 aromatic carbocycles. The predicted octanol–water partition coefficient (Wildman–Crippen LogP) is 4.07. The van der Waals surface area contributed by atoms with E-state index in [2.05, 4.69) is 6.92 Å². The molecule has 0 aliphatic rings. The monoisotopic (exact) mass is 293 g/mol. The summed E-state index contributed by atoms with van der Waals surface area (Å²) in [4.78, 5) is 10.3. The third-order valence-corrected chi connectivity index (χ3v) is 3.33. The lowest BCUT2D eigenvalue weighted by molar-refractivity contribution is -0.422. The van der Waals surface area contributed by atoms with E-state index in [1.807, 2.05) is 6.07 Å². The standard InChI is InChI=1S/C16H23NO4/c1-5-6-7-8-13-10-16(21-4)14(11-15(13)20-3)9-12(2)17(18)19/h9-11H,5-8H2,1-4H3/b12-9+. The highest BCUT2D eigenvalue weighted by atomic mass is 16.6. The summed E-state index contributed by atoms with van der Waals surface area (Å²) in [6.07, 6.45) is 5.80. The van der Waals surface area contributed by atoms with Crippen molar-refractivity contribution >= 4 is 6.08 Å². The summed E-state index contributed by atoms with van der Waals surface area (Å²) in [7, 11) is 3.18. The molecule has 0 N–H and O–H groups in total. The van der Waals surface area contributed by atoms with Crippen LogP contribution in [-0.4, -0.2) is 19.1 Å². The molecule has 0 aliphatic carbocycles. The number of nitro groups is 1. The maximum atomic E-state index is 10.8.